The van der Waals surface area contributed by atoms with Crippen molar-refractivity contribution < 1.29 is 8.81 Å². The van der Waals surface area contributed by atoms with Crippen molar-refractivity contribution in [3.63, 3.8) is 0 Å². The van der Waals surface area contributed by atoms with Gasteiger partial charge in [-0.1, -0.05) is 23.6 Å². The van der Waals surface area contributed by atoms with Crippen molar-refractivity contribution in [2.45, 2.75) is 43.9 Å². The van der Waals surface area contributed by atoms with Crippen molar-refractivity contribution >= 4 is 39.7 Å². The summed E-state index contributed by atoms with van der Waals surface area (Å²) in [6, 6.07) is 5.40. The van der Waals surface area contributed by atoms with Crippen molar-refractivity contribution in [1.82, 2.24) is 4.98 Å². The SMILES string of the molecule is C#Cc1c(C[C@@H](N)CC2(F)CC2)oc2c(NCc3cccs3)cc(Cl)nc12. The Morgan fingerprint density at radius 2 is 2.33 bits per heavy atom. The van der Waals surface area contributed by atoms with E-state index >= 15 is 0 Å². The fraction of sp³-hybridized carbons (Fsp3) is 0.350. The van der Waals surface area contributed by atoms with Gasteiger partial charge in [-0.05, 0) is 30.7 Å². The van der Waals surface area contributed by atoms with Crippen LogP contribution in [0.3, 0.4) is 0 Å². The molecule has 27 heavy (non-hydrogen) atoms. The maximum Gasteiger partial charge on any atom is 0.177 e. The number of furan rings is 1. The van der Waals surface area contributed by atoms with Gasteiger partial charge in [0.25, 0.3) is 0 Å². The third-order valence-corrected chi connectivity index (χ3v) is 5.80. The number of rotatable bonds is 7. The van der Waals surface area contributed by atoms with E-state index in [0.29, 0.717) is 59.8 Å². The molecule has 1 aliphatic carbocycles. The molecule has 3 N–H and O–H groups in total. The normalized spacial score (nSPS) is 16.2. The van der Waals surface area contributed by atoms with Crippen molar-refractivity contribution in [3.05, 3.63) is 44.9 Å². The number of nitrogens with one attached hydrogen (secondary N) is 1. The van der Waals surface area contributed by atoms with Crippen LogP contribution < -0.4 is 11.1 Å². The third kappa shape index (κ3) is 3.96. The Morgan fingerprint density at radius 3 is 3.00 bits per heavy atom. The fourth-order valence-corrected chi connectivity index (χ4v) is 4.06. The predicted molar refractivity (Wildman–Crippen MR) is 108 cm³/mol. The Hall–Kier alpha value is -2.07. The average molecular weight is 404 g/mol. The van der Waals surface area contributed by atoms with Gasteiger partial charge in [0.15, 0.2) is 5.58 Å². The maximum atomic E-state index is 14.0. The first-order valence-corrected chi connectivity index (χ1v) is 10.0. The molecule has 1 fully saturated rings. The van der Waals surface area contributed by atoms with Gasteiger partial charge < -0.3 is 15.5 Å². The number of thiophene rings is 1. The van der Waals surface area contributed by atoms with E-state index in [-0.39, 0.29) is 6.04 Å². The summed E-state index contributed by atoms with van der Waals surface area (Å²) in [4.78, 5) is 5.52. The fourth-order valence-electron chi connectivity index (χ4n) is 3.22. The zero-order chi connectivity index (χ0) is 19.0. The van der Waals surface area contributed by atoms with Crippen LogP contribution in [-0.2, 0) is 13.0 Å². The molecule has 3 heterocycles. The predicted octanol–water partition coefficient (Wildman–Crippen LogP) is 4.90. The molecule has 4 nitrogen and oxygen atoms in total. The van der Waals surface area contributed by atoms with Crippen LogP contribution in [-0.4, -0.2) is 16.7 Å². The second kappa shape index (κ2) is 7.16. The van der Waals surface area contributed by atoms with E-state index < -0.39 is 5.67 Å². The van der Waals surface area contributed by atoms with Gasteiger partial charge in [-0.2, -0.15) is 0 Å². The molecule has 7 heteroatoms. The number of hydrogen-bond acceptors (Lipinski definition) is 5. The van der Waals surface area contributed by atoms with Crippen LogP contribution in [0, 0.1) is 12.3 Å². The minimum Gasteiger partial charge on any atom is -0.456 e. The van der Waals surface area contributed by atoms with Gasteiger partial charge in [0.2, 0.25) is 0 Å². The van der Waals surface area contributed by atoms with Crippen LogP contribution in [0.4, 0.5) is 10.1 Å². The van der Waals surface area contributed by atoms with Gasteiger partial charge in [-0.3, -0.25) is 0 Å². The molecule has 0 unspecified atom stereocenters. The molecule has 1 aliphatic rings. The van der Waals surface area contributed by atoms with Crippen molar-refractivity contribution in [1.29, 1.82) is 0 Å². The monoisotopic (exact) mass is 403 g/mol. The smallest absolute Gasteiger partial charge is 0.177 e. The summed E-state index contributed by atoms with van der Waals surface area (Å²) in [6.45, 7) is 0.637. The number of pyridine rings is 1. The van der Waals surface area contributed by atoms with Crippen molar-refractivity contribution in [3.8, 4) is 12.3 Å². The number of fused-ring (bicyclic) bond motifs is 1. The van der Waals surface area contributed by atoms with Crippen LogP contribution in [0.2, 0.25) is 5.15 Å². The van der Waals surface area contributed by atoms with Crippen molar-refractivity contribution in [2.24, 2.45) is 5.73 Å². The van der Waals surface area contributed by atoms with E-state index in [1.165, 1.54) is 4.88 Å². The molecule has 0 spiro atoms. The number of hydrogen-bond donors (Lipinski definition) is 2. The summed E-state index contributed by atoms with van der Waals surface area (Å²) in [6.07, 6.45) is 7.54. The number of nitrogens with zero attached hydrogens (tertiary/aromatic N) is 1. The Balaban J connectivity index is 1.64. The van der Waals surface area contributed by atoms with Crippen LogP contribution >= 0.6 is 22.9 Å². The first-order chi connectivity index (χ1) is 13.0. The second-order valence-electron chi connectivity index (χ2n) is 6.97. The molecule has 0 aromatic carbocycles. The van der Waals surface area contributed by atoms with Gasteiger partial charge in [-0.15, -0.1) is 17.8 Å². The zero-order valence-corrected chi connectivity index (χ0v) is 16.2. The molecule has 0 aliphatic heterocycles. The van der Waals surface area contributed by atoms with Gasteiger partial charge >= 0.3 is 0 Å². The summed E-state index contributed by atoms with van der Waals surface area (Å²) in [5, 5.41) is 5.67. The molecule has 0 saturated heterocycles. The topological polar surface area (TPSA) is 64.1 Å². The molecule has 140 valence electrons. The van der Waals surface area contributed by atoms with Crippen LogP contribution in [0.1, 0.15) is 35.5 Å². The molecule has 0 radical (unpaired) electrons. The van der Waals surface area contributed by atoms with Crippen LogP contribution in [0.25, 0.3) is 11.1 Å². The minimum absolute atomic E-state index is 0.311. The summed E-state index contributed by atoms with van der Waals surface area (Å²) < 4.78 is 20.0. The zero-order valence-electron chi connectivity index (χ0n) is 14.6. The number of halogens is 2. The first kappa shape index (κ1) is 18.3. The summed E-state index contributed by atoms with van der Waals surface area (Å²) in [5.74, 6) is 3.19. The quantitative estimate of drug-likeness (QED) is 0.435. The van der Waals surface area contributed by atoms with Gasteiger partial charge in [0, 0.05) is 30.0 Å². The van der Waals surface area contributed by atoms with E-state index in [9.17, 15) is 4.39 Å². The lowest BCUT2D eigenvalue weighted by Crippen LogP contribution is -2.27. The summed E-state index contributed by atoms with van der Waals surface area (Å²) in [5.41, 5.74) is 7.36. The van der Waals surface area contributed by atoms with E-state index in [1.54, 1.807) is 17.4 Å². The number of terminal acetylenes is 1. The van der Waals surface area contributed by atoms with Crippen LogP contribution in [0.5, 0.6) is 0 Å². The highest BCUT2D eigenvalue weighted by atomic mass is 35.5. The molecule has 1 saturated carbocycles. The molecule has 0 bridgehead atoms. The lowest BCUT2D eigenvalue weighted by Gasteiger charge is -2.12. The molecule has 3 aromatic heterocycles. The molecular formula is C20H19ClFN3OS. The number of alkyl halides is 1. The summed E-state index contributed by atoms with van der Waals surface area (Å²) >= 11 is 7.85. The molecule has 1 atom stereocenters. The number of aromatic nitrogens is 1. The summed E-state index contributed by atoms with van der Waals surface area (Å²) in [7, 11) is 0. The van der Waals surface area contributed by atoms with Gasteiger partial charge in [0.05, 0.1) is 11.3 Å². The van der Waals surface area contributed by atoms with Gasteiger partial charge in [-0.25, -0.2) is 9.37 Å². The standard InChI is InChI=1S/C20H19ClFN3OS/c1-2-14-16(8-12(23)10-20(22)5-6-20)26-19-15(9-17(21)25-18(14)19)24-11-13-4-3-7-27-13/h1,3-4,7,9,12H,5-6,8,10-11,23H2,(H,24,25)/t12-/m1/s1. The largest absolute Gasteiger partial charge is 0.456 e. The Kier molecular flexibility index (Phi) is 4.85. The third-order valence-electron chi connectivity index (χ3n) is 4.73. The molecule has 4 rings (SSSR count). The Morgan fingerprint density at radius 1 is 1.52 bits per heavy atom. The average Bonchev–Trinajstić information content (AvgIpc) is 3.02. The molecule has 3 aromatic rings. The van der Waals surface area contributed by atoms with E-state index in [4.69, 9.17) is 28.2 Å². The number of nitrogens with two attached hydrogens (primary N) is 1. The highest BCUT2D eigenvalue weighted by Gasteiger charge is 2.44. The lowest BCUT2D eigenvalue weighted by molar-refractivity contribution is 0.267. The molecule has 0 amide bonds. The maximum absolute atomic E-state index is 14.0. The minimum atomic E-state index is -1.11. The highest BCUT2D eigenvalue weighted by molar-refractivity contribution is 7.09. The first-order valence-electron chi connectivity index (χ1n) is 8.77. The second-order valence-corrected chi connectivity index (χ2v) is 8.39. The van der Waals surface area contributed by atoms with E-state index in [1.807, 2.05) is 17.5 Å². The highest BCUT2D eigenvalue weighted by Crippen LogP contribution is 2.44. The van der Waals surface area contributed by atoms with E-state index in [0.717, 1.165) is 5.69 Å². The Labute approximate surface area is 165 Å². The number of anilines is 1. The lowest BCUT2D eigenvalue weighted by atomic mass is 10.0. The van der Waals surface area contributed by atoms with Crippen LogP contribution in [0.15, 0.2) is 28.0 Å². The Bertz CT molecular complexity index is 1000. The molecular weight excluding hydrogens is 385 g/mol. The van der Waals surface area contributed by atoms with Crippen molar-refractivity contribution in [2.75, 3.05) is 5.32 Å². The van der Waals surface area contributed by atoms with Gasteiger partial charge in [0.1, 0.15) is 22.1 Å². The van der Waals surface area contributed by atoms with E-state index in [2.05, 4.69) is 16.2 Å².